The van der Waals surface area contributed by atoms with Crippen molar-refractivity contribution in [2.45, 2.75) is 38.6 Å². The number of thiophene rings is 1. The molecule has 8 nitrogen and oxygen atoms in total. The second-order valence-electron chi connectivity index (χ2n) is 8.77. The van der Waals surface area contributed by atoms with E-state index >= 15 is 0 Å². The van der Waals surface area contributed by atoms with Crippen molar-refractivity contribution in [3.05, 3.63) is 35.2 Å². The Labute approximate surface area is 205 Å². The molecular weight excluding hydrogens is 452 g/mol. The number of carbonyl (C=O) groups excluding carboxylic acids is 2. The van der Waals surface area contributed by atoms with Gasteiger partial charge in [-0.3, -0.25) is 4.79 Å². The summed E-state index contributed by atoms with van der Waals surface area (Å²) in [6.45, 7) is 6.80. The number of amides is 2. The lowest BCUT2D eigenvalue weighted by Gasteiger charge is -2.32. The highest BCUT2D eigenvalue weighted by molar-refractivity contribution is 7.18. The van der Waals surface area contributed by atoms with Crippen LogP contribution in [0.15, 0.2) is 30.3 Å². The molecule has 0 radical (unpaired) electrons. The number of hydrogen-bond donors (Lipinski definition) is 2. The Kier molecular flexibility index (Phi) is 8.29. The van der Waals surface area contributed by atoms with Gasteiger partial charge in [-0.25, -0.2) is 4.79 Å². The minimum Gasteiger partial charge on any atom is -0.449 e. The van der Waals surface area contributed by atoms with Crippen LogP contribution in [0, 0.1) is 0 Å². The molecule has 1 atom stereocenters. The zero-order chi connectivity index (χ0) is 23.9. The van der Waals surface area contributed by atoms with Gasteiger partial charge in [-0.15, -0.1) is 11.3 Å². The molecular formula is C25H34N4O4S. The summed E-state index contributed by atoms with van der Waals surface area (Å²) in [6, 6.07) is 10.1. The predicted molar refractivity (Wildman–Crippen MR) is 136 cm³/mol. The van der Waals surface area contributed by atoms with Crippen molar-refractivity contribution in [2.24, 2.45) is 0 Å². The van der Waals surface area contributed by atoms with Crippen molar-refractivity contribution >= 4 is 34.7 Å². The van der Waals surface area contributed by atoms with Gasteiger partial charge < -0.3 is 30.3 Å². The van der Waals surface area contributed by atoms with Crippen LogP contribution in [-0.2, 0) is 9.47 Å². The Bertz CT molecular complexity index is 989. The number of nitrogens with two attached hydrogens (primary N) is 1. The average Bonchev–Trinajstić information content (AvgIpc) is 3.27. The van der Waals surface area contributed by atoms with Crippen LogP contribution in [0.2, 0.25) is 0 Å². The van der Waals surface area contributed by atoms with E-state index in [1.54, 1.807) is 4.90 Å². The van der Waals surface area contributed by atoms with Crippen molar-refractivity contribution in [3.63, 3.8) is 0 Å². The van der Waals surface area contributed by atoms with Gasteiger partial charge in [0.25, 0.3) is 5.91 Å². The summed E-state index contributed by atoms with van der Waals surface area (Å²) in [6.07, 6.45) is 3.19. The first kappa shape index (κ1) is 24.3. The van der Waals surface area contributed by atoms with Crippen molar-refractivity contribution < 1.29 is 19.1 Å². The number of nitrogen functional groups attached to an aromatic ring is 1. The molecule has 9 heteroatoms. The molecule has 1 aromatic heterocycles. The van der Waals surface area contributed by atoms with E-state index in [9.17, 15) is 9.59 Å². The molecule has 0 unspecified atom stereocenters. The average molecular weight is 487 g/mol. The quantitative estimate of drug-likeness (QED) is 0.575. The van der Waals surface area contributed by atoms with Gasteiger partial charge >= 0.3 is 6.09 Å². The molecule has 2 fully saturated rings. The van der Waals surface area contributed by atoms with Gasteiger partial charge in [0.15, 0.2) is 0 Å². The molecule has 0 aliphatic carbocycles. The van der Waals surface area contributed by atoms with Crippen LogP contribution in [0.1, 0.15) is 42.3 Å². The van der Waals surface area contributed by atoms with Crippen molar-refractivity contribution in [1.82, 2.24) is 10.2 Å². The van der Waals surface area contributed by atoms with Crippen LogP contribution >= 0.6 is 11.3 Å². The lowest BCUT2D eigenvalue weighted by Crippen LogP contribution is -2.49. The summed E-state index contributed by atoms with van der Waals surface area (Å²) in [4.78, 5) is 30.8. The number of piperidine rings is 1. The summed E-state index contributed by atoms with van der Waals surface area (Å²) in [5.74, 6) is -0.190. The van der Waals surface area contributed by atoms with E-state index in [1.807, 2.05) is 18.2 Å². The van der Waals surface area contributed by atoms with Crippen molar-refractivity contribution in [2.75, 3.05) is 56.6 Å². The number of unbranched alkanes of at least 4 members (excludes halogenated alkanes) is 1. The maximum absolute atomic E-state index is 13.0. The zero-order valence-corrected chi connectivity index (χ0v) is 20.6. The fourth-order valence-corrected chi connectivity index (χ4v) is 5.29. The maximum atomic E-state index is 13.0. The normalized spacial score (nSPS) is 18.6. The number of likely N-dealkylation sites (tertiary alicyclic amines) is 1. The number of anilines is 2. The van der Waals surface area contributed by atoms with Crippen LogP contribution in [0.5, 0.6) is 0 Å². The molecule has 0 spiro atoms. The highest BCUT2D eigenvalue weighted by Crippen LogP contribution is 2.35. The van der Waals surface area contributed by atoms with Gasteiger partial charge in [0.05, 0.1) is 25.5 Å². The standard InChI is InChI=1S/C25H34N4O4S/c1-2-3-12-33-25(31)29-9-5-7-19(17-29)27-24(30)23-21(26)16-22(34-23)18-6-4-8-20(15-18)28-10-13-32-14-11-28/h4,6,8,15-16,19H,2-3,5,7,9-14,17,26H2,1H3,(H,27,30)/t19-/m0/s1. The first-order chi connectivity index (χ1) is 16.5. The molecule has 184 valence electrons. The summed E-state index contributed by atoms with van der Waals surface area (Å²) >= 11 is 1.40. The van der Waals surface area contributed by atoms with Crippen LogP contribution in [0.25, 0.3) is 10.4 Å². The Morgan fingerprint density at radius 2 is 2.06 bits per heavy atom. The maximum Gasteiger partial charge on any atom is 0.409 e. The molecule has 0 bridgehead atoms. The Morgan fingerprint density at radius 1 is 1.24 bits per heavy atom. The van der Waals surface area contributed by atoms with Crippen LogP contribution in [0.3, 0.4) is 0 Å². The van der Waals surface area contributed by atoms with Gasteiger partial charge in [0.2, 0.25) is 0 Å². The first-order valence-electron chi connectivity index (χ1n) is 12.1. The second-order valence-corrected chi connectivity index (χ2v) is 9.82. The number of carbonyl (C=O) groups is 2. The number of nitrogens with one attached hydrogen (secondary N) is 1. The molecule has 0 saturated carbocycles. The zero-order valence-electron chi connectivity index (χ0n) is 19.8. The number of rotatable bonds is 7. The Balaban J connectivity index is 1.39. The number of morpholine rings is 1. The second kappa shape index (κ2) is 11.6. The van der Waals surface area contributed by atoms with Gasteiger partial charge in [-0.1, -0.05) is 25.5 Å². The van der Waals surface area contributed by atoms with Crippen LogP contribution < -0.4 is 16.0 Å². The molecule has 4 rings (SSSR count). The third kappa shape index (κ3) is 6.01. The molecule has 2 aliphatic heterocycles. The minimum absolute atomic E-state index is 0.116. The molecule has 1 aromatic carbocycles. The number of benzene rings is 1. The van der Waals surface area contributed by atoms with E-state index in [0.29, 0.717) is 30.3 Å². The van der Waals surface area contributed by atoms with E-state index in [4.69, 9.17) is 15.2 Å². The predicted octanol–water partition coefficient (Wildman–Crippen LogP) is 3.96. The number of hydrogen-bond acceptors (Lipinski definition) is 7. The highest BCUT2D eigenvalue weighted by Gasteiger charge is 2.27. The molecule has 3 N–H and O–H groups in total. The van der Waals surface area contributed by atoms with E-state index in [0.717, 1.165) is 68.1 Å². The number of nitrogens with zero attached hydrogens (tertiary/aromatic N) is 2. The lowest BCUT2D eigenvalue weighted by molar-refractivity contribution is 0.0798. The van der Waals surface area contributed by atoms with Gasteiger partial charge in [-0.05, 0) is 43.0 Å². The molecule has 2 saturated heterocycles. The topological polar surface area (TPSA) is 97.1 Å². The summed E-state index contributed by atoms with van der Waals surface area (Å²) in [5, 5.41) is 3.08. The van der Waals surface area contributed by atoms with E-state index in [1.165, 1.54) is 11.3 Å². The fraction of sp³-hybridized carbons (Fsp3) is 0.520. The van der Waals surface area contributed by atoms with Gasteiger partial charge in [-0.2, -0.15) is 0 Å². The lowest BCUT2D eigenvalue weighted by atomic mass is 10.1. The summed E-state index contributed by atoms with van der Waals surface area (Å²) < 4.78 is 10.8. The van der Waals surface area contributed by atoms with E-state index in [-0.39, 0.29) is 18.0 Å². The molecule has 34 heavy (non-hydrogen) atoms. The largest absolute Gasteiger partial charge is 0.449 e. The first-order valence-corrected chi connectivity index (χ1v) is 12.9. The Morgan fingerprint density at radius 3 is 2.85 bits per heavy atom. The number of ether oxygens (including phenoxy) is 2. The SMILES string of the molecule is CCCCOC(=O)N1CCC[C@H](NC(=O)c2sc(-c3cccc(N4CCOCC4)c3)cc2N)C1. The highest BCUT2D eigenvalue weighted by atomic mass is 32.1. The van der Waals surface area contributed by atoms with Gasteiger partial charge in [0, 0.05) is 42.8 Å². The monoisotopic (exact) mass is 486 g/mol. The molecule has 2 aliphatic rings. The van der Waals surface area contributed by atoms with Crippen molar-refractivity contribution in [3.8, 4) is 10.4 Å². The molecule has 2 aromatic rings. The third-order valence-corrected chi connectivity index (χ3v) is 7.41. The van der Waals surface area contributed by atoms with Crippen LogP contribution in [-0.4, -0.2) is 68.9 Å². The van der Waals surface area contributed by atoms with Crippen molar-refractivity contribution in [1.29, 1.82) is 0 Å². The fourth-order valence-electron chi connectivity index (χ4n) is 4.31. The summed E-state index contributed by atoms with van der Waals surface area (Å²) in [5.41, 5.74) is 8.91. The van der Waals surface area contributed by atoms with Gasteiger partial charge in [0.1, 0.15) is 4.88 Å². The van der Waals surface area contributed by atoms with E-state index in [2.05, 4.69) is 29.3 Å². The Hall–Kier alpha value is -2.78. The molecule has 3 heterocycles. The molecule has 2 amide bonds. The minimum atomic E-state index is -0.300. The summed E-state index contributed by atoms with van der Waals surface area (Å²) in [7, 11) is 0. The van der Waals surface area contributed by atoms with E-state index < -0.39 is 0 Å². The van der Waals surface area contributed by atoms with Crippen LogP contribution in [0.4, 0.5) is 16.2 Å². The smallest absolute Gasteiger partial charge is 0.409 e. The third-order valence-electron chi connectivity index (χ3n) is 6.21.